The predicted molar refractivity (Wildman–Crippen MR) is 68.0 cm³/mol. The molecule has 0 amide bonds. The lowest BCUT2D eigenvalue weighted by Crippen LogP contribution is -2.29. The van der Waals surface area contributed by atoms with E-state index in [1.165, 1.54) is 10.4 Å². The number of rotatable bonds is 4. The van der Waals surface area contributed by atoms with E-state index in [9.17, 15) is 8.42 Å². The molecule has 0 radical (unpaired) electrons. The molecular weight excluding hydrogens is 306 g/mol. The zero-order valence-electron chi connectivity index (χ0n) is 9.43. The van der Waals surface area contributed by atoms with E-state index in [2.05, 4.69) is 15.9 Å². The fourth-order valence-corrected chi connectivity index (χ4v) is 4.02. The molecule has 0 unspecified atom stereocenters. The molecule has 0 heterocycles. The molecule has 6 heteroatoms. The van der Waals surface area contributed by atoms with Crippen LogP contribution in [0, 0.1) is 0 Å². The standard InChI is InChI=1S/C11H14BrNO3S/c1-13(9-3-4-9)17(15,16)11-6-8(7-14)2-5-10(11)12/h2,5-6,9,14H,3-4,7H2,1H3. The number of hydrogen-bond donors (Lipinski definition) is 1. The van der Waals surface area contributed by atoms with E-state index in [0.717, 1.165) is 12.8 Å². The Kier molecular flexibility index (Phi) is 3.58. The molecule has 0 aliphatic heterocycles. The Morgan fingerprint density at radius 3 is 2.65 bits per heavy atom. The quantitative estimate of drug-likeness (QED) is 0.919. The minimum atomic E-state index is -3.46. The first-order valence-corrected chi connectivity index (χ1v) is 7.57. The molecule has 1 fully saturated rings. The zero-order valence-corrected chi connectivity index (χ0v) is 11.8. The average molecular weight is 320 g/mol. The zero-order chi connectivity index (χ0) is 12.6. The number of hydrogen-bond acceptors (Lipinski definition) is 3. The Morgan fingerprint density at radius 2 is 2.12 bits per heavy atom. The molecule has 0 aromatic heterocycles. The van der Waals surface area contributed by atoms with Crippen molar-refractivity contribution in [2.45, 2.75) is 30.4 Å². The number of aliphatic hydroxyl groups is 1. The second-order valence-corrected chi connectivity index (χ2v) is 7.00. The summed E-state index contributed by atoms with van der Waals surface area (Å²) >= 11 is 3.25. The molecule has 1 N–H and O–H groups in total. The van der Waals surface area contributed by atoms with Gasteiger partial charge in [-0.25, -0.2) is 8.42 Å². The van der Waals surface area contributed by atoms with Crippen LogP contribution >= 0.6 is 15.9 Å². The van der Waals surface area contributed by atoms with E-state index in [1.54, 1.807) is 19.2 Å². The third kappa shape index (κ3) is 2.54. The fourth-order valence-electron chi connectivity index (χ4n) is 1.63. The summed E-state index contributed by atoms with van der Waals surface area (Å²) in [5.74, 6) is 0. The predicted octanol–water partition coefficient (Wildman–Crippen LogP) is 1.72. The normalized spacial score (nSPS) is 16.5. The summed E-state index contributed by atoms with van der Waals surface area (Å²) in [6.07, 6.45) is 1.85. The van der Waals surface area contributed by atoms with Crippen LogP contribution in [0.4, 0.5) is 0 Å². The SMILES string of the molecule is CN(C1CC1)S(=O)(=O)c1cc(CO)ccc1Br. The lowest BCUT2D eigenvalue weighted by Gasteiger charge is -2.17. The summed E-state index contributed by atoms with van der Waals surface area (Å²) in [5, 5.41) is 9.06. The van der Waals surface area contributed by atoms with Gasteiger partial charge in [0, 0.05) is 17.6 Å². The molecule has 1 aromatic carbocycles. The molecule has 0 spiro atoms. The molecule has 2 rings (SSSR count). The maximum absolute atomic E-state index is 12.3. The lowest BCUT2D eigenvalue weighted by molar-refractivity contribution is 0.281. The Morgan fingerprint density at radius 1 is 1.47 bits per heavy atom. The number of aliphatic hydroxyl groups excluding tert-OH is 1. The van der Waals surface area contributed by atoms with Gasteiger partial charge in [-0.15, -0.1) is 0 Å². The fraction of sp³-hybridized carbons (Fsp3) is 0.455. The van der Waals surface area contributed by atoms with Gasteiger partial charge in [0.05, 0.1) is 11.5 Å². The summed E-state index contributed by atoms with van der Waals surface area (Å²) in [6, 6.07) is 4.99. The Bertz CT molecular complexity index is 526. The van der Waals surface area contributed by atoms with Crippen LogP contribution in [0.3, 0.4) is 0 Å². The summed E-state index contributed by atoms with van der Waals surface area (Å²) in [5.41, 5.74) is 0.593. The van der Waals surface area contributed by atoms with E-state index in [4.69, 9.17) is 5.11 Å². The van der Waals surface area contributed by atoms with Gasteiger partial charge in [0.1, 0.15) is 0 Å². The van der Waals surface area contributed by atoms with Gasteiger partial charge < -0.3 is 5.11 Å². The maximum Gasteiger partial charge on any atom is 0.244 e. The van der Waals surface area contributed by atoms with E-state index < -0.39 is 10.0 Å². The van der Waals surface area contributed by atoms with Gasteiger partial charge in [0.2, 0.25) is 10.0 Å². The van der Waals surface area contributed by atoms with Gasteiger partial charge in [0.15, 0.2) is 0 Å². The summed E-state index contributed by atoms with van der Waals surface area (Å²) in [4.78, 5) is 0.221. The number of nitrogens with zero attached hydrogens (tertiary/aromatic N) is 1. The van der Waals surface area contributed by atoms with Crippen LogP contribution in [0.1, 0.15) is 18.4 Å². The largest absolute Gasteiger partial charge is 0.392 e. The van der Waals surface area contributed by atoms with Crippen molar-refractivity contribution in [1.82, 2.24) is 4.31 Å². The molecule has 0 saturated heterocycles. The highest BCUT2D eigenvalue weighted by Gasteiger charge is 2.35. The highest BCUT2D eigenvalue weighted by molar-refractivity contribution is 9.10. The van der Waals surface area contributed by atoms with Crippen LogP contribution in [-0.4, -0.2) is 30.9 Å². The summed E-state index contributed by atoms with van der Waals surface area (Å²) < 4.78 is 26.6. The van der Waals surface area contributed by atoms with E-state index in [0.29, 0.717) is 10.0 Å². The van der Waals surface area contributed by atoms with E-state index >= 15 is 0 Å². The molecular formula is C11H14BrNO3S. The Labute approximate surface area is 109 Å². The van der Waals surface area contributed by atoms with Gasteiger partial charge in [-0.2, -0.15) is 4.31 Å². The van der Waals surface area contributed by atoms with Crippen molar-refractivity contribution in [1.29, 1.82) is 0 Å². The van der Waals surface area contributed by atoms with Crippen molar-refractivity contribution in [3.63, 3.8) is 0 Å². The van der Waals surface area contributed by atoms with Gasteiger partial charge in [-0.3, -0.25) is 0 Å². The van der Waals surface area contributed by atoms with Crippen molar-refractivity contribution in [2.24, 2.45) is 0 Å². The van der Waals surface area contributed by atoms with Crippen molar-refractivity contribution < 1.29 is 13.5 Å². The minimum absolute atomic E-state index is 0.129. The van der Waals surface area contributed by atoms with Gasteiger partial charge in [-0.05, 0) is 46.5 Å². The number of benzene rings is 1. The molecule has 1 aliphatic carbocycles. The van der Waals surface area contributed by atoms with Crippen molar-refractivity contribution >= 4 is 26.0 Å². The Hall–Kier alpha value is -0.430. The lowest BCUT2D eigenvalue weighted by atomic mass is 10.2. The highest BCUT2D eigenvalue weighted by Crippen LogP contribution is 2.33. The van der Waals surface area contributed by atoms with Crippen molar-refractivity contribution in [3.8, 4) is 0 Å². The van der Waals surface area contributed by atoms with Gasteiger partial charge >= 0.3 is 0 Å². The van der Waals surface area contributed by atoms with Crippen LogP contribution in [0.15, 0.2) is 27.6 Å². The average Bonchev–Trinajstić information content (AvgIpc) is 3.12. The van der Waals surface area contributed by atoms with Crippen LogP contribution in [0.25, 0.3) is 0 Å². The maximum atomic E-state index is 12.3. The Balaban J connectivity index is 2.44. The van der Waals surface area contributed by atoms with E-state index in [-0.39, 0.29) is 17.5 Å². The van der Waals surface area contributed by atoms with Crippen LogP contribution in [0.5, 0.6) is 0 Å². The van der Waals surface area contributed by atoms with Gasteiger partial charge in [-0.1, -0.05) is 6.07 Å². The van der Waals surface area contributed by atoms with Crippen LogP contribution in [0.2, 0.25) is 0 Å². The minimum Gasteiger partial charge on any atom is -0.392 e. The third-order valence-electron chi connectivity index (χ3n) is 2.90. The van der Waals surface area contributed by atoms with Crippen molar-refractivity contribution in [3.05, 3.63) is 28.2 Å². The molecule has 94 valence electrons. The first-order valence-electron chi connectivity index (χ1n) is 5.34. The monoisotopic (exact) mass is 319 g/mol. The van der Waals surface area contributed by atoms with Gasteiger partial charge in [0.25, 0.3) is 0 Å². The van der Waals surface area contributed by atoms with Crippen molar-refractivity contribution in [2.75, 3.05) is 7.05 Å². The summed E-state index contributed by atoms with van der Waals surface area (Å²) in [6.45, 7) is -0.164. The van der Waals surface area contributed by atoms with Crippen LogP contribution < -0.4 is 0 Å². The molecule has 4 nitrogen and oxygen atoms in total. The highest BCUT2D eigenvalue weighted by atomic mass is 79.9. The second kappa shape index (κ2) is 4.68. The van der Waals surface area contributed by atoms with Crippen LogP contribution in [-0.2, 0) is 16.6 Å². The molecule has 1 saturated carbocycles. The molecule has 17 heavy (non-hydrogen) atoms. The molecule has 1 aliphatic rings. The first-order chi connectivity index (χ1) is 7.96. The topological polar surface area (TPSA) is 57.6 Å². The molecule has 1 aromatic rings. The first kappa shape index (κ1) is 13.0. The number of sulfonamides is 1. The van der Waals surface area contributed by atoms with E-state index in [1.807, 2.05) is 0 Å². The number of halogens is 1. The smallest absolute Gasteiger partial charge is 0.244 e. The third-order valence-corrected chi connectivity index (χ3v) is 5.80. The molecule has 0 atom stereocenters. The summed E-state index contributed by atoms with van der Waals surface area (Å²) in [7, 11) is -1.86. The molecule has 0 bridgehead atoms. The second-order valence-electron chi connectivity index (χ2n) is 4.18.